The van der Waals surface area contributed by atoms with E-state index >= 15 is 0 Å². The van der Waals surface area contributed by atoms with E-state index in [-0.39, 0.29) is 11.7 Å². The Morgan fingerprint density at radius 1 is 1.53 bits per heavy atom. The van der Waals surface area contributed by atoms with Gasteiger partial charge in [-0.25, -0.2) is 8.42 Å². The zero-order valence-electron chi connectivity index (χ0n) is 10.4. The van der Waals surface area contributed by atoms with E-state index in [1.807, 2.05) is 13.8 Å². The number of sulfonamides is 1. The maximum Gasteiger partial charge on any atom is 0.234 e. The van der Waals surface area contributed by atoms with Gasteiger partial charge in [0.2, 0.25) is 10.0 Å². The minimum Gasteiger partial charge on any atom is -0.385 e. The molecular weight excluding hydrogens is 242 g/mol. The van der Waals surface area contributed by atoms with Gasteiger partial charge in [-0.3, -0.25) is 9.82 Å². The van der Waals surface area contributed by atoms with Gasteiger partial charge >= 0.3 is 0 Å². The maximum absolute atomic E-state index is 11.6. The van der Waals surface area contributed by atoms with Gasteiger partial charge in [0, 0.05) is 25.5 Å². The molecule has 0 fully saturated rings. The summed E-state index contributed by atoms with van der Waals surface area (Å²) in [6, 6.07) is 1.71. The molecule has 0 spiro atoms. The van der Waals surface area contributed by atoms with Crippen molar-refractivity contribution in [2.24, 2.45) is 0 Å². The van der Waals surface area contributed by atoms with Crippen molar-refractivity contribution in [3.8, 4) is 0 Å². The Bertz CT molecular complexity index is 439. The fourth-order valence-electron chi connectivity index (χ4n) is 1.29. The molecule has 0 aliphatic heterocycles. The van der Waals surface area contributed by atoms with E-state index in [1.165, 1.54) is 0 Å². The van der Waals surface area contributed by atoms with Crippen molar-refractivity contribution in [3.05, 3.63) is 11.8 Å². The molecule has 6 nitrogen and oxygen atoms in total. The van der Waals surface area contributed by atoms with Crippen LogP contribution in [0.25, 0.3) is 0 Å². The Hall–Kier alpha value is -1.08. The van der Waals surface area contributed by atoms with Crippen molar-refractivity contribution in [2.45, 2.75) is 26.2 Å². The van der Waals surface area contributed by atoms with E-state index in [1.54, 1.807) is 13.2 Å². The smallest absolute Gasteiger partial charge is 0.234 e. The third kappa shape index (κ3) is 4.74. The number of hydrogen-bond acceptors (Lipinski definition) is 4. The summed E-state index contributed by atoms with van der Waals surface area (Å²) in [4.78, 5) is 0. The quantitative estimate of drug-likeness (QED) is 0.725. The van der Waals surface area contributed by atoms with Gasteiger partial charge in [-0.15, -0.1) is 0 Å². The second kappa shape index (κ2) is 6.02. The lowest BCUT2D eigenvalue weighted by Crippen LogP contribution is -2.17. The average Bonchev–Trinajstić information content (AvgIpc) is 2.65. The average molecular weight is 261 g/mol. The summed E-state index contributed by atoms with van der Waals surface area (Å²) in [5, 5.41) is 6.70. The van der Waals surface area contributed by atoms with Crippen molar-refractivity contribution in [1.29, 1.82) is 0 Å². The normalized spacial score (nSPS) is 12.0. The lowest BCUT2D eigenvalue weighted by atomic mass is 10.1. The Morgan fingerprint density at radius 3 is 2.76 bits per heavy atom. The van der Waals surface area contributed by atoms with Crippen molar-refractivity contribution >= 4 is 15.8 Å². The van der Waals surface area contributed by atoms with Crippen LogP contribution in [0.4, 0.5) is 5.82 Å². The predicted octanol–water partition coefficient (Wildman–Crippen LogP) is 1.31. The lowest BCUT2D eigenvalue weighted by molar-refractivity contribution is 0.199. The van der Waals surface area contributed by atoms with Crippen LogP contribution in [0.3, 0.4) is 0 Å². The number of aromatic nitrogens is 2. The second-order valence-corrected chi connectivity index (χ2v) is 5.97. The van der Waals surface area contributed by atoms with Gasteiger partial charge in [0.25, 0.3) is 0 Å². The Labute approximate surface area is 102 Å². The first kappa shape index (κ1) is 14.0. The number of methoxy groups -OCH3 is 1. The number of nitrogens with zero attached hydrogens (tertiary/aromatic N) is 1. The SMILES string of the molecule is COCCCS(=O)(=O)Nc1cc(C(C)C)[nH]n1. The van der Waals surface area contributed by atoms with E-state index in [0.29, 0.717) is 18.8 Å². The molecule has 1 aromatic heterocycles. The highest BCUT2D eigenvalue weighted by molar-refractivity contribution is 7.92. The Balaban J connectivity index is 2.57. The molecule has 0 amide bonds. The molecular formula is C10H19N3O3S. The summed E-state index contributed by atoms with van der Waals surface area (Å²) < 4.78 is 30.5. The second-order valence-electron chi connectivity index (χ2n) is 4.13. The highest BCUT2D eigenvalue weighted by atomic mass is 32.2. The Kier molecular flexibility index (Phi) is 4.95. The number of H-pyrrole nitrogens is 1. The zero-order chi connectivity index (χ0) is 12.9. The van der Waals surface area contributed by atoms with E-state index in [9.17, 15) is 8.42 Å². The molecule has 17 heavy (non-hydrogen) atoms. The zero-order valence-corrected chi connectivity index (χ0v) is 11.2. The standard InChI is InChI=1S/C10H19N3O3S/c1-8(2)9-7-10(12-11-9)13-17(14,15)6-4-5-16-3/h7-8H,4-6H2,1-3H3,(H2,11,12,13). The van der Waals surface area contributed by atoms with Crippen LogP contribution in [0.1, 0.15) is 31.9 Å². The number of aromatic amines is 1. The molecule has 0 saturated carbocycles. The third-order valence-corrected chi connectivity index (χ3v) is 3.59. The third-order valence-electron chi connectivity index (χ3n) is 2.24. The lowest BCUT2D eigenvalue weighted by Gasteiger charge is -2.04. The van der Waals surface area contributed by atoms with Gasteiger partial charge in [-0.2, -0.15) is 5.10 Å². The van der Waals surface area contributed by atoms with Crippen LogP contribution in [-0.4, -0.2) is 38.1 Å². The number of anilines is 1. The largest absolute Gasteiger partial charge is 0.385 e. The summed E-state index contributed by atoms with van der Waals surface area (Å²) in [6.45, 7) is 4.44. The van der Waals surface area contributed by atoms with E-state index in [4.69, 9.17) is 4.74 Å². The number of ether oxygens (including phenoxy) is 1. The number of hydrogen-bond donors (Lipinski definition) is 2. The van der Waals surface area contributed by atoms with Gasteiger partial charge < -0.3 is 4.74 Å². The molecule has 0 aromatic carbocycles. The van der Waals surface area contributed by atoms with E-state index < -0.39 is 10.0 Å². The van der Waals surface area contributed by atoms with Crippen molar-refractivity contribution in [2.75, 3.05) is 24.2 Å². The molecule has 1 heterocycles. The van der Waals surface area contributed by atoms with E-state index in [2.05, 4.69) is 14.9 Å². The summed E-state index contributed by atoms with van der Waals surface area (Å²) >= 11 is 0. The summed E-state index contributed by atoms with van der Waals surface area (Å²) in [7, 11) is -1.79. The minimum absolute atomic E-state index is 0.0325. The van der Waals surface area contributed by atoms with Gasteiger partial charge in [0.1, 0.15) is 0 Å². The van der Waals surface area contributed by atoms with Crippen molar-refractivity contribution < 1.29 is 13.2 Å². The molecule has 98 valence electrons. The topological polar surface area (TPSA) is 84.1 Å². The summed E-state index contributed by atoms with van der Waals surface area (Å²) in [5.41, 5.74) is 0.902. The monoisotopic (exact) mass is 261 g/mol. The van der Waals surface area contributed by atoms with Crippen LogP contribution in [0.5, 0.6) is 0 Å². The van der Waals surface area contributed by atoms with E-state index in [0.717, 1.165) is 5.69 Å². The molecule has 0 radical (unpaired) electrons. The maximum atomic E-state index is 11.6. The van der Waals surface area contributed by atoms with Crippen molar-refractivity contribution in [3.63, 3.8) is 0 Å². The van der Waals surface area contributed by atoms with Crippen LogP contribution in [0, 0.1) is 0 Å². The van der Waals surface area contributed by atoms with Crippen LogP contribution in [0.15, 0.2) is 6.07 Å². The van der Waals surface area contributed by atoms with Gasteiger partial charge in [0.05, 0.1) is 5.75 Å². The predicted molar refractivity (Wildman–Crippen MR) is 66.6 cm³/mol. The van der Waals surface area contributed by atoms with Crippen LogP contribution in [-0.2, 0) is 14.8 Å². The fourth-order valence-corrected chi connectivity index (χ4v) is 2.31. The molecule has 0 saturated heterocycles. The number of rotatable bonds is 7. The molecule has 7 heteroatoms. The molecule has 0 aliphatic carbocycles. The first-order chi connectivity index (χ1) is 7.94. The van der Waals surface area contributed by atoms with Gasteiger partial charge in [-0.05, 0) is 12.3 Å². The highest BCUT2D eigenvalue weighted by Crippen LogP contribution is 2.15. The first-order valence-corrected chi connectivity index (χ1v) is 7.14. The van der Waals surface area contributed by atoms with Crippen LogP contribution < -0.4 is 4.72 Å². The first-order valence-electron chi connectivity index (χ1n) is 5.49. The molecule has 1 aromatic rings. The molecule has 2 N–H and O–H groups in total. The van der Waals surface area contributed by atoms with Crippen LogP contribution in [0.2, 0.25) is 0 Å². The molecule has 0 bridgehead atoms. The summed E-state index contributed by atoms with van der Waals surface area (Å²) in [6.07, 6.45) is 0.466. The molecule has 0 unspecified atom stereocenters. The summed E-state index contributed by atoms with van der Waals surface area (Å²) in [5.74, 6) is 0.658. The minimum atomic E-state index is -3.33. The van der Waals surface area contributed by atoms with Gasteiger partial charge in [-0.1, -0.05) is 13.8 Å². The molecule has 0 atom stereocenters. The fraction of sp³-hybridized carbons (Fsp3) is 0.700. The van der Waals surface area contributed by atoms with Crippen LogP contribution >= 0.6 is 0 Å². The molecule has 0 aliphatic rings. The van der Waals surface area contributed by atoms with Crippen molar-refractivity contribution in [1.82, 2.24) is 10.2 Å². The Morgan fingerprint density at radius 2 is 2.24 bits per heavy atom. The highest BCUT2D eigenvalue weighted by Gasteiger charge is 2.13. The number of nitrogens with one attached hydrogen (secondary N) is 2. The molecule has 1 rings (SSSR count). The van der Waals surface area contributed by atoms with Gasteiger partial charge in [0.15, 0.2) is 5.82 Å².